The van der Waals surface area contributed by atoms with Crippen molar-refractivity contribution in [2.75, 3.05) is 26.4 Å². The van der Waals surface area contributed by atoms with Gasteiger partial charge in [0.25, 0.3) is 0 Å². The number of pyridine rings is 1. The monoisotopic (exact) mass is 330 g/mol. The summed E-state index contributed by atoms with van der Waals surface area (Å²) in [5.74, 6) is 0.601. The van der Waals surface area contributed by atoms with E-state index in [9.17, 15) is 0 Å². The Morgan fingerprint density at radius 2 is 2.33 bits per heavy atom. The fraction of sp³-hybridized carbons (Fsp3) is 0.556. The van der Waals surface area contributed by atoms with E-state index in [0.717, 1.165) is 23.4 Å². The highest BCUT2D eigenvalue weighted by Gasteiger charge is 2.46. The molecule has 0 radical (unpaired) electrons. The van der Waals surface area contributed by atoms with Crippen LogP contribution in [0.25, 0.3) is 5.57 Å². The number of aromatic nitrogens is 1. The van der Waals surface area contributed by atoms with Gasteiger partial charge in [0, 0.05) is 37.1 Å². The maximum atomic E-state index is 6.90. The lowest BCUT2D eigenvalue weighted by atomic mass is 9.89. The van der Waals surface area contributed by atoms with E-state index in [2.05, 4.69) is 22.9 Å². The molecule has 24 heavy (non-hydrogen) atoms. The fourth-order valence-electron chi connectivity index (χ4n) is 3.48. The lowest BCUT2D eigenvalue weighted by molar-refractivity contribution is -0.0413. The standard InChI is InChI=1S/C18H26N4O2/c1-4-24-17-18(19,22-8-9-23-12-13(22)2)10-16(14(3)21-17)15-6-5-7-20-11-15/h5-7,11,13H,4,8-10,12,19H2,1-3H3/t13?,18-/m0/s1. The Balaban J connectivity index is 2.01. The van der Waals surface area contributed by atoms with Crippen LogP contribution in [-0.2, 0) is 9.47 Å². The van der Waals surface area contributed by atoms with Crippen molar-refractivity contribution in [2.45, 2.75) is 38.9 Å². The van der Waals surface area contributed by atoms with Gasteiger partial charge in [-0.05, 0) is 38.0 Å². The molecule has 1 fully saturated rings. The number of aliphatic imine (C=N–C) groups is 1. The summed E-state index contributed by atoms with van der Waals surface area (Å²) in [6.07, 6.45) is 4.29. The van der Waals surface area contributed by atoms with Crippen LogP contribution in [0.4, 0.5) is 0 Å². The molecule has 0 spiro atoms. The van der Waals surface area contributed by atoms with Crippen LogP contribution in [0.15, 0.2) is 35.2 Å². The SMILES string of the molecule is CCOC1=NC(C)=C(c2cccnc2)C[C@]1(N)N1CCOCC1C. The van der Waals surface area contributed by atoms with E-state index in [1.807, 2.05) is 26.1 Å². The zero-order valence-corrected chi connectivity index (χ0v) is 14.7. The minimum atomic E-state index is -0.760. The highest BCUT2D eigenvalue weighted by Crippen LogP contribution is 2.36. The summed E-state index contributed by atoms with van der Waals surface area (Å²) in [7, 11) is 0. The summed E-state index contributed by atoms with van der Waals surface area (Å²) in [6, 6.07) is 4.20. The van der Waals surface area contributed by atoms with E-state index >= 15 is 0 Å². The number of allylic oxidation sites excluding steroid dienone is 1. The smallest absolute Gasteiger partial charge is 0.224 e. The Bertz CT molecular complexity index is 644. The maximum Gasteiger partial charge on any atom is 0.224 e. The van der Waals surface area contributed by atoms with Gasteiger partial charge in [-0.2, -0.15) is 0 Å². The second-order valence-electron chi connectivity index (χ2n) is 6.37. The second-order valence-corrected chi connectivity index (χ2v) is 6.37. The number of nitrogens with two attached hydrogens (primary N) is 1. The maximum absolute atomic E-state index is 6.90. The summed E-state index contributed by atoms with van der Waals surface area (Å²) in [5.41, 5.74) is 9.26. The van der Waals surface area contributed by atoms with Crippen LogP contribution in [-0.4, -0.2) is 53.9 Å². The van der Waals surface area contributed by atoms with Gasteiger partial charge in [0.15, 0.2) is 5.66 Å². The minimum absolute atomic E-state index is 0.211. The molecule has 130 valence electrons. The summed E-state index contributed by atoms with van der Waals surface area (Å²) in [5, 5.41) is 0. The molecule has 3 heterocycles. The molecule has 0 aliphatic carbocycles. The van der Waals surface area contributed by atoms with Crippen LogP contribution >= 0.6 is 0 Å². The van der Waals surface area contributed by atoms with Gasteiger partial charge in [-0.1, -0.05) is 6.07 Å². The summed E-state index contributed by atoms with van der Waals surface area (Å²) >= 11 is 0. The van der Waals surface area contributed by atoms with Gasteiger partial charge in [-0.15, -0.1) is 0 Å². The molecule has 2 N–H and O–H groups in total. The molecule has 2 atom stereocenters. The molecule has 6 nitrogen and oxygen atoms in total. The van der Waals surface area contributed by atoms with Crippen molar-refractivity contribution in [3.8, 4) is 0 Å². The van der Waals surface area contributed by atoms with Crippen LogP contribution in [0.5, 0.6) is 0 Å². The first-order valence-corrected chi connectivity index (χ1v) is 8.51. The van der Waals surface area contributed by atoms with E-state index < -0.39 is 5.66 Å². The van der Waals surface area contributed by atoms with Gasteiger partial charge < -0.3 is 15.2 Å². The number of ether oxygens (including phenoxy) is 2. The van der Waals surface area contributed by atoms with Crippen LogP contribution in [0.2, 0.25) is 0 Å². The molecule has 0 bridgehead atoms. The minimum Gasteiger partial charge on any atom is -0.479 e. The number of hydrogen-bond acceptors (Lipinski definition) is 6. The molecule has 1 saturated heterocycles. The Kier molecular flexibility index (Phi) is 4.99. The van der Waals surface area contributed by atoms with Gasteiger partial charge >= 0.3 is 0 Å². The predicted octanol–water partition coefficient (Wildman–Crippen LogP) is 2.03. The first-order valence-electron chi connectivity index (χ1n) is 8.51. The molecule has 1 aromatic rings. The molecule has 0 amide bonds. The lowest BCUT2D eigenvalue weighted by Gasteiger charge is -2.47. The molecule has 2 aliphatic rings. The van der Waals surface area contributed by atoms with Crippen molar-refractivity contribution < 1.29 is 9.47 Å². The fourth-order valence-corrected chi connectivity index (χ4v) is 3.48. The highest BCUT2D eigenvalue weighted by atomic mass is 16.5. The normalized spacial score (nSPS) is 28.7. The van der Waals surface area contributed by atoms with Crippen LogP contribution in [0.1, 0.15) is 32.8 Å². The van der Waals surface area contributed by atoms with Crippen LogP contribution in [0.3, 0.4) is 0 Å². The topological polar surface area (TPSA) is 73.0 Å². The molecule has 0 aromatic carbocycles. The average Bonchev–Trinajstić information content (AvgIpc) is 2.59. The first kappa shape index (κ1) is 17.1. The van der Waals surface area contributed by atoms with Crippen molar-refractivity contribution in [3.05, 3.63) is 35.8 Å². The van der Waals surface area contributed by atoms with Crippen molar-refractivity contribution in [1.82, 2.24) is 9.88 Å². The van der Waals surface area contributed by atoms with Crippen molar-refractivity contribution >= 4 is 11.5 Å². The third kappa shape index (κ3) is 3.09. The summed E-state index contributed by atoms with van der Waals surface area (Å²) in [6.45, 7) is 8.75. The molecule has 3 rings (SSSR count). The van der Waals surface area contributed by atoms with Crippen molar-refractivity contribution in [3.63, 3.8) is 0 Å². The first-order chi connectivity index (χ1) is 11.6. The largest absolute Gasteiger partial charge is 0.479 e. The quantitative estimate of drug-likeness (QED) is 0.918. The Morgan fingerprint density at radius 1 is 1.50 bits per heavy atom. The number of morpholine rings is 1. The predicted molar refractivity (Wildman–Crippen MR) is 94.4 cm³/mol. The van der Waals surface area contributed by atoms with Crippen molar-refractivity contribution in [2.24, 2.45) is 10.7 Å². The van der Waals surface area contributed by atoms with Gasteiger partial charge in [0.2, 0.25) is 5.90 Å². The van der Waals surface area contributed by atoms with E-state index in [4.69, 9.17) is 20.2 Å². The van der Waals surface area contributed by atoms with E-state index in [1.165, 1.54) is 0 Å². The van der Waals surface area contributed by atoms with Gasteiger partial charge in [0.1, 0.15) is 0 Å². The third-order valence-electron chi connectivity index (χ3n) is 4.69. The van der Waals surface area contributed by atoms with E-state index in [-0.39, 0.29) is 6.04 Å². The van der Waals surface area contributed by atoms with Crippen LogP contribution < -0.4 is 5.73 Å². The van der Waals surface area contributed by atoms with Gasteiger partial charge in [0.05, 0.1) is 19.8 Å². The Morgan fingerprint density at radius 3 is 3.00 bits per heavy atom. The van der Waals surface area contributed by atoms with E-state index in [1.54, 1.807) is 6.20 Å². The molecule has 1 aromatic heterocycles. The van der Waals surface area contributed by atoms with Crippen molar-refractivity contribution in [1.29, 1.82) is 0 Å². The summed E-state index contributed by atoms with van der Waals surface area (Å²) in [4.78, 5) is 11.2. The third-order valence-corrected chi connectivity index (χ3v) is 4.69. The molecule has 6 heteroatoms. The van der Waals surface area contributed by atoms with E-state index in [0.29, 0.717) is 32.1 Å². The summed E-state index contributed by atoms with van der Waals surface area (Å²) < 4.78 is 11.4. The average molecular weight is 330 g/mol. The zero-order chi connectivity index (χ0) is 17.2. The number of hydrogen-bond donors (Lipinski definition) is 1. The number of rotatable bonds is 3. The molecule has 0 saturated carbocycles. The highest BCUT2D eigenvalue weighted by molar-refractivity contribution is 5.92. The van der Waals surface area contributed by atoms with Crippen LogP contribution in [0, 0.1) is 0 Å². The Hall–Kier alpha value is -1.76. The van der Waals surface area contributed by atoms with Gasteiger partial charge in [-0.3, -0.25) is 9.88 Å². The molecule has 1 unspecified atom stereocenters. The Labute approximate surface area is 143 Å². The number of nitrogens with zero attached hydrogens (tertiary/aromatic N) is 3. The molecular weight excluding hydrogens is 304 g/mol. The molecule has 2 aliphatic heterocycles. The van der Waals surface area contributed by atoms with Gasteiger partial charge in [-0.25, -0.2) is 4.99 Å². The second kappa shape index (κ2) is 7.01. The molecular formula is C18H26N4O2. The lowest BCUT2D eigenvalue weighted by Crippen LogP contribution is -2.68. The zero-order valence-electron chi connectivity index (χ0n) is 14.7.